The summed E-state index contributed by atoms with van der Waals surface area (Å²) in [5.74, 6) is -0.913. The van der Waals surface area contributed by atoms with Crippen molar-refractivity contribution in [2.75, 3.05) is 0 Å². The van der Waals surface area contributed by atoms with Crippen LogP contribution in [-0.2, 0) is 4.79 Å². The van der Waals surface area contributed by atoms with Gasteiger partial charge in [0.25, 0.3) is 0 Å². The number of benzene rings is 1. The number of aryl methyl sites for hydroxylation is 1. The molecule has 0 saturated carbocycles. The zero-order chi connectivity index (χ0) is 15.1. The predicted octanol–water partition coefficient (Wildman–Crippen LogP) is 2.80. The summed E-state index contributed by atoms with van der Waals surface area (Å²) in [6, 6.07) is 7.12. The number of hydrogen-bond acceptors (Lipinski definition) is 3. The minimum absolute atomic E-state index is 0.00823. The molecule has 0 saturated heterocycles. The molecule has 2 unspecified atom stereocenters. The minimum atomic E-state index is -0.877. The highest BCUT2D eigenvalue weighted by Gasteiger charge is 2.22. The van der Waals surface area contributed by atoms with Crippen molar-refractivity contribution in [3.05, 3.63) is 35.4 Å². The first-order valence-corrected chi connectivity index (χ1v) is 7.02. The van der Waals surface area contributed by atoms with Crippen LogP contribution < -0.4 is 5.32 Å². The van der Waals surface area contributed by atoms with Gasteiger partial charge in [0.05, 0.1) is 6.04 Å². The molecule has 0 heterocycles. The Balaban J connectivity index is 2.81. The van der Waals surface area contributed by atoms with Gasteiger partial charge in [0, 0.05) is 18.0 Å². The van der Waals surface area contributed by atoms with Gasteiger partial charge in [-0.3, -0.25) is 9.59 Å². The van der Waals surface area contributed by atoms with E-state index in [1.54, 1.807) is 12.1 Å². The Morgan fingerprint density at radius 2 is 1.85 bits per heavy atom. The fourth-order valence-electron chi connectivity index (χ4n) is 1.94. The normalized spacial score (nSPS) is 13.8. The van der Waals surface area contributed by atoms with Crippen LogP contribution in [0.1, 0.15) is 49.0 Å². The van der Waals surface area contributed by atoms with Gasteiger partial charge in [-0.25, -0.2) is 0 Å². The zero-order valence-electron chi connectivity index (χ0n) is 12.3. The highest BCUT2D eigenvalue weighted by atomic mass is 16.4. The first kappa shape index (κ1) is 16.4. The van der Waals surface area contributed by atoms with Crippen LogP contribution in [0, 0.1) is 6.92 Å². The maximum absolute atomic E-state index is 12.5. The summed E-state index contributed by atoms with van der Waals surface area (Å²) in [6.07, 6.45) is 1.20. The van der Waals surface area contributed by atoms with Crippen molar-refractivity contribution in [1.82, 2.24) is 5.32 Å². The van der Waals surface area contributed by atoms with E-state index in [1.807, 2.05) is 32.9 Å². The van der Waals surface area contributed by atoms with Crippen LogP contribution in [0.25, 0.3) is 0 Å². The average molecular weight is 277 g/mol. The number of carboxylic acids is 1. The summed E-state index contributed by atoms with van der Waals surface area (Å²) in [6.45, 7) is 5.99. The van der Waals surface area contributed by atoms with Crippen LogP contribution >= 0.6 is 0 Å². The van der Waals surface area contributed by atoms with Crippen molar-refractivity contribution < 1.29 is 14.7 Å². The number of ketones is 1. The molecule has 2 atom stereocenters. The highest BCUT2D eigenvalue weighted by Crippen LogP contribution is 2.11. The lowest BCUT2D eigenvalue weighted by Gasteiger charge is -2.21. The number of aliphatic carboxylic acids is 1. The quantitative estimate of drug-likeness (QED) is 0.717. The van der Waals surface area contributed by atoms with Crippen LogP contribution in [0.15, 0.2) is 24.3 Å². The second-order valence-corrected chi connectivity index (χ2v) is 5.19. The largest absolute Gasteiger partial charge is 0.481 e. The summed E-state index contributed by atoms with van der Waals surface area (Å²) in [5.41, 5.74) is 1.72. The summed E-state index contributed by atoms with van der Waals surface area (Å²) in [4.78, 5) is 23.2. The molecule has 0 aromatic heterocycles. The van der Waals surface area contributed by atoms with Crippen molar-refractivity contribution in [1.29, 1.82) is 0 Å². The van der Waals surface area contributed by atoms with Crippen molar-refractivity contribution in [3.8, 4) is 0 Å². The standard InChI is InChI=1S/C16H23NO3/c1-4-12(3)17-14(9-10-15(18)19)16(20)13-7-5-11(2)6-8-13/h5-8,12,14,17H,4,9-10H2,1-3H3,(H,18,19). The maximum Gasteiger partial charge on any atom is 0.303 e. The lowest BCUT2D eigenvalue weighted by molar-refractivity contribution is -0.137. The molecule has 0 amide bonds. The number of carbonyl (C=O) groups is 2. The first-order valence-electron chi connectivity index (χ1n) is 7.02. The highest BCUT2D eigenvalue weighted by molar-refractivity contribution is 6.00. The first-order chi connectivity index (χ1) is 9.43. The van der Waals surface area contributed by atoms with Crippen molar-refractivity contribution in [3.63, 3.8) is 0 Å². The lowest BCUT2D eigenvalue weighted by atomic mass is 9.98. The molecule has 0 spiro atoms. The van der Waals surface area contributed by atoms with E-state index in [1.165, 1.54) is 0 Å². The lowest BCUT2D eigenvalue weighted by Crippen LogP contribution is -2.42. The van der Waals surface area contributed by atoms with E-state index in [-0.39, 0.29) is 18.2 Å². The van der Waals surface area contributed by atoms with Gasteiger partial charge in [-0.15, -0.1) is 0 Å². The van der Waals surface area contributed by atoms with Gasteiger partial charge in [-0.1, -0.05) is 36.8 Å². The smallest absolute Gasteiger partial charge is 0.303 e. The molecule has 20 heavy (non-hydrogen) atoms. The monoisotopic (exact) mass is 277 g/mol. The second kappa shape index (κ2) is 7.80. The fourth-order valence-corrected chi connectivity index (χ4v) is 1.94. The number of hydrogen-bond donors (Lipinski definition) is 2. The van der Waals surface area contributed by atoms with E-state index in [2.05, 4.69) is 5.32 Å². The van der Waals surface area contributed by atoms with Crippen LogP contribution in [0.5, 0.6) is 0 Å². The van der Waals surface area contributed by atoms with Gasteiger partial charge in [-0.2, -0.15) is 0 Å². The van der Waals surface area contributed by atoms with Gasteiger partial charge in [0.15, 0.2) is 5.78 Å². The molecule has 110 valence electrons. The van der Waals surface area contributed by atoms with Gasteiger partial charge < -0.3 is 10.4 Å². The number of rotatable bonds is 8. The van der Waals surface area contributed by atoms with E-state index < -0.39 is 12.0 Å². The van der Waals surface area contributed by atoms with Crippen LogP contribution in [0.3, 0.4) is 0 Å². The average Bonchev–Trinajstić information content (AvgIpc) is 2.43. The third-order valence-electron chi connectivity index (χ3n) is 3.40. The van der Waals surface area contributed by atoms with Gasteiger partial charge in [-0.05, 0) is 26.7 Å². The molecule has 0 fully saturated rings. The van der Waals surface area contributed by atoms with Crippen LogP contribution in [0.2, 0.25) is 0 Å². The summed E-state index contributed by atoms with van der Waals surface area (Å²) < 4.78 is 0. The Labute approximate surface area is 120 Å². The van der Waals surface area contributed by atoms with E-state index in [9.17, 15) is 9.59 Å². The van der Waals surface area contributed by atoms with Crippen molar-refractivity contribution in [2.45, 2.75) is 52.1 Å². The Morgan fingerprint density at radius 1 is 1.25 bits per heavy atom. The Hall–Kier alpha value is -1.68. The molecule has 0 aliphatic carbocycles. The van der Waals surface area contributed by atoms with E-state index in [0.29, 0.717) is 12.0 Å². The minimum Gasteiger partial charge on any atom is -0.481 e. The van der Waals surface area contributed by atoms with E-state index in [0.717, 1.165) is 12.0 Å². The molecule has 4 nitrogen and oxygen atoms in total. The van der Waals surface area contributed by atoms with Crippen LogP contribution in [0.4, 0.5) is 0 Å². The van der Waals surface area contributed by atoms with Gasteiger partial charge in [0.1, 0.15) is 0 Å². The summed E-state index contributed by atoms with van der Waals surface area (Å²) >= 11 is 0. The Bertz CT molecular complexity index is 453. The molecule has 1 rings (SSSR count). The second-order valence-electron chi connectivity index (χ2n) is 5.19. The van der Waals surface area contributed by atoms with Crippen LogP contribution in [-0.4, -0.2) is 28.9 Å². The molecule has 2 N–H and O–H groups in total. The third-order valence-corrected chi connectivity index (χ3v) is 3.40. The van der Waals surface area contributed by atoms with Crippen molar-refractivity contribution >= 4 is 11.8 Å². The number of carbonyl (C=O) groups excluding carboxylic acids is 1. The molecule has 0 aliphatic rings. The number of nitrogens with one attached hydrogen (secondary N) is 1. The topological polar surface area (TPSA) is 66.4 Å². The molecular formula is C16H23NO3. The third kappa shape index (κ3) is 5.13. The molecule has 0 aliphatic heterocycles. The summed E-state index contributed by atoms with van der Waals surface area (Å²) in [7, 11) is 0. The fraction of sp³-hybridized carbons (Fsp3) is 0.500. The predicted molar refractivity (Wildman–Crippen MR) is 79.1 cm³/mol. The van der Waals surface area contributed by atoms with Gasteiger partial charge in [0.2, 0.25) is 0 Å². The molecule has 0 bridgehead atoms. The molecule has 4 heteroatoms. The molecule has 0 radical (unpaired) electrons. The van der Waals surface area contributed by atoms with E-state index >= 15 is 0 Å². The zero-order valence-corrected chi connectivity index (χ0v) is 12.3. The van der Waals surface area contributed by atoms with Gasteiger partial charge >= 0.3 is 5.97 Å². The van der Waals surface area contributed by atoms with E-state index in [4.69, 9.17) is 5.11 Å². The van der Waals surface area contributed by atoms with Crippen molar-refractivity contribution in [2.24, 2.45) is 0 Å². The number of Topliss-reactive ketones (excluding diaryl/α,β-unsaturated/α-hetero) is 1. The Morgan fingerprint density at radius 3 is 2.35 bits per heavy atom. The Kier molecular flexibility index (Phi) is 6.39. The summed E-state index contributed by atoms with van der Waals surface area (Å²) in [5, 5.41) is 12.0. The molecule has 1 aromatic rings. The maximum atomic E-state index is 12.5. The number of carboxylic acid groups (broad SMARTS) is 1. The SMILES string of the molecule is CCC(C)NC(CCC(=O)O)C(=O)c1ccc(C)cc1. The molecule has 1 aromatic carbocycles. The molecular weight excluding hydrogens is 254 g/mol.